The van der Waals surface area contributed by atoms with E-state index in [1.54, 1.807) is 0 Å². The first kappa shape index (κ1) is 8.52. The zero-order chi connectivity index (χ0) is 8.60. The highest BCUT2D eigenvalue weighted by Gasteiger charge is 2.32. The van der Waals surface area contributed by atoms with E-state index in [9.17, 15) is 0 Å². The summed E-state index contributed by atoms with van der Waals surface area (Å²) >= 11 is 0. The molecule has 2 rings (SSSR count). The number of rotatable bonds is 3. The fourth-order valence-electron chi connectivity index (χ4n) is 1.91. The van der Waals surface area contributed by atoms with Crippen molar-refractivity contribution in [3.63, 3.8) is 0 Å². The van der Waals surface area contributed by atoms with Crippen LogP contribution in [0.25, 0.3) is 0 Å². The van der Waals surface area contributed by atoms with Gasteiger partial charge in [-0.3, -0.25) is 0 Å². The normalized spacial score (nSPS) is 34.0. The summed E-state index contributed by atoms with van der Waals surface area (Å²) in [7, 11) is 0. The Hall–Kier alpha value is -0.0800. The summed E-state index contributed by atoms with van der Waals surface area (Å²) in [5, 5.41) is 3.56. The fraction of sp³-hybridized carbons (Fsp3) is 1.00. The van der Waals surface area contributed by atoms with Crippen LogP contribution < -0.4 is 5.32 Å². The van der Waals surface area contributed by atoms with E-state index in [0.717, 1.165) is 25.1 Å². The highest BCUT2D eigenvalue weighted by molar-refractivity contribution is 4.86. The van der Waals surface area contributed by atoms with Gasteiger partial charge in [0, 0.05) is 12.6 Å². The minimum Gasteiger partial charge on any atom is -0.375 e. The molecule has 0 amide bonds. The van der Waals surface area contributed by atoms with E-state index in [-0.39, 0.29) is 5.60 Å². The number of nitrogens with one attached hydrogen (secondary N) is 1. The van der Waals surface area contributed by atoms with Gasteiger partial charge in [0.15, 0.2) is 0 Å². The van der Waals surface area contributed by atoms with Crippen LogP contribution >= 0.6 is 0 Å². The van der Waals surface area contributed by atoms with E-state index in [1.807, 2.05) is 0 Å². The second-order valence-corrected chi connectivity index (χ2v) is 4.82. The molecule has 0 aromatic heterocycles. The van der Waals surface area contributed by atoms with Crippen molar-refractivity contribution in [2.24, 2.45) is 5.92 Å². The van der Waals surface area contributed by atoms with E-state index in [1.165, 1.54) is 19.3 Å². The zero-order valence-corrected chi connectivity index (χ0v) is 8.10. The van der Waals surface area contributed by atoms with Gasteiger partial charge >= 0.3 is 0 Å². The third-order valence-electron chi connectivity index (χ3n) is 2.76. The second kappa shape index (κ2) is 3.00. The van der Waals surface area contributed by atoms with Crippen molar-refractivity contribution in [2.45, 2.75) is 44.8 Å². The van der Waals surface area contributed by atoms with Gasteiger partial charge in [-0.2, -0.15) is 0 Å². The lowest BCUT2D eigenvalue weighted by Crippen LogP contribution is -2.25. The molecule has 70 valence electrons. The summed E-state index contributed by atoms with van der Waals surface area (Å²) in [6.07, 6.45) is 3.99. The lowest BCUT2D eigenvalue weighted by Gasteiger charge is -2.15. The van der Waals surface area contributed by atoms with Crippen LogP contribution in [-0.2, 0) is 4.74 Å². The van der Waals surface area contributed by atoms with Crippen molar-refractivity contribution in [1.29, 1.82) is 0 Å². The Balaban J connectivity index is 1.68. The molecule has 2 nitrogen and oxygen atoms in total. The van der Waals surface area contributed by atoms with E-state index >= 15 is 0 Å². The lowest BCUT2D eigenvalue weighted by molar-refractivity contribution is 0.0350. The predicted molar refractivity (Wildman–Crippen MR) is 49.2 cm³/mol. The van der Waals surface area contributed by atoms with Gasteiger partial charge in [-0.25, -0.2) is 0 Å². The molecule has 1 aliphatic heterocycles. The van der Waals surface area contributed by atoms with Crippen molar-refractivity contribution < 1.29 is 4.74 Å². The van der Waals surface area contributed by atoms with Gasteiger partial charge in [0.2, 0.25) is 0 Å². The standard InChI is InChI=1S/C10H19NO/c1-10(2)5-8(7-12-10)6-11-9-3-4-9/h8-9,11H,3-7H2,1-2H3/t8-/m1/s1. The molecule has 1 N–H and O–H groups in total. The van der Waals surface area contributed by atoms with Crippen molar-refractivity contribution in [3.8, 4) is 0 Å². The summed E-state index contributed by atoms with van der Waals surface area (Å²) in [6.45, 7) is 6.48. The molecule has 1 atom stereocenters. The van der Waals surface area contributed by atoms with E-state index in [2.05, 4.69) is 19.2 Å². The monoisotopic (exact) mass is 169 g/mol. The number of ether oxygens (including phenoxy) is 1. The Morgan fingerprint density at radius 1 is 1.42 bits per heavy atom. The molecule has 0 unspecified atom stereocenters. The molecule has 0 radical (unpaired) electrons. The maximum absolute atomic E-state index is 5.67. The molecule has 1 saturated heterocycles. The molecule has 1 saturated carbocycles. The second-order valence-electron chi connectivity index (χ2n) is 4.82. The summed E-state index contributed by atoms with van der Waals surface area (Å²) in [6, 6.07) is 0.841. The van der Waals surface area contributed by atoms with Crippen LogP contribution in [0.15, 0.2) is 0 Å². The number of hydrogen-bond acceptors (Lipinski definition) is 2. The van der Waals surface area contributed by atoms with Gasteiger partial charge in [0.1, 0.15) is 0 Å². The van der Waals surface area contributed by atoms with Gasteiger partial charge in [-0.1, -0.05) is 0 Å². The summed E-state index contributed by atoms with van der Waals surface area (Å²) < 4.78 is 5.67. The highest BCUT2D eigenvalue weighted by atomic mass is 16.5. The van der Waals surface area contributed by atoms with Crippen LogP contribution in [0.3, 0.4) is 0 Å². The van der Waals surface area contributed by atoms with E-state index in [0.29, 0.717) is 0 Å². The van der Waals surface area contributed by atoms with E-state index in [4.69, 9.17) is 4.74 Å². The van der Waals surface area contributed by atoms with Crippen molar-refractivity contribution in [1.82, 2.24) is 5.32 Å². The highest BCUT2D eigenvalue weighted by Crippen LogP contribution is 2.29. The summed E-state index contributed by atoms with van der Waals surface area (Å²) in [5.41, 5.74) is 0.135. The van der Waals surface area contributed by atoms with Gasteiger partial charge in [-0.15, -0.1) is 0 Å². The first-order valence-electron chi connectivity index (χ1n) is 5.03. The molecular weight excluding hydrogens is 150 g/mol. The molecule has 0 bridgehead atoms. The van der Waals surface area contributed by atoms with Crippen molar-refractivity contribution >= 4 is 0 Å². The molecular formula is C10H19NO. The van der Waals surface area contributed by atoms with Crippen molar-refractivity contribution in [2.75, 3.05) is 13.2 Å². The SMILES string of the molecule is CC1(C)C[C@H](CNC2CC2)CO1. The third-order valence-corrected chi connectivity index (χ3v) is 2.76. The Morgan fingerprint density at radius 3 is 2.67 bits per heavy atom. The average Bonchev–Trinajstić information content (AvgIpc) is 2.74. The van der Waals surface area contributed by atoms with Crippen LogP contribution in [0, 0.1) is 5.92 Å². The molecule has 2 fully saturated rings. The molecule has 1 aliphatic carbocycles. The maximum atomic E-state index is 5.67. The van der Waals surface area contributed by atoms with Gasteiger partial charge < -0.3 is 10.1 Å². The Bertz CT molecular complexity index is 163. The molecule has 0 spiro atoms. The first-order valence-corrected chi connectivity index (χ1v) is 5.03. The predicted octanol–water partition coefficient (Wildman–Crippen LogP) is 1.55. The Kier molecular flexibility index (Phi) is 2.13. The summed E-state index contributed by atoms with van der Waals surface area (Å²) in [5.74, 6) is 0.751. The first-order chi connectivity index (χ1) is 5.66. The lowest BCUT2D eigenvalue weighted by atomic mass is 9.98. The maximum Gasteiger partial charge on any atom is 0.0630 e. The van der Waals surface area contributed by atoms with Crippen molar-refractivity contribution in [3.05, 3.63) is 0 Å². The molecule has 2 aliphatic rings. The molecule has 1 heterocycles. The number of hydrogen-bond donors (Lipinski definition) is 1. The van der Waals surface area contributed by atoms with Crippen LogP contribution in [0.5, 0.6) is 0 Å². The summed E-state index contributed by atoms with van der Waals surface area (Å²) in [4.78, 5) is 0. The Morgan fingerprint density at radius 2 is 2.17 bits per heavy atom. The van der Waals surface area contributed by atoms with Gasteiger partial charge in [0.25, 0.3) is 0 Å². The average molecular weight is 169 g/mol. The van der Waals surface area contributed by atoms with Gasteiger partial charge in [0.05, 0.1) is 12.2 Å². The largest absolute Gasteiger partial charge is 0.375 e. The van der Waals surface area contributed by atoms with Crippen LogP contribution in [-0.4, -0.2) is 24.8 Å². The van der Waals surface area contributed by atoms with Crippen LogP contribution in [0.4, 0.5) is 0 Å². The fourth-order valence-corrected chi connectivity index (χ4v) is 1.91. The Labute approximate surface area is 74.7 Å². The molecule has 2 heteroatoms. The topological polar surface area (TPSA) is 21.3 Å². The smallest absolute Gasteiger partial charge is 0.0630 e. The zero-order valence-electron chi connectivity index (χ0n) is 8.10. The minimum absolute atomic E-state index is 0.135. The minimum atomic E-state index is 0.135. The van der Waals surface area contributed by atoms with E-state index < -0.39 is 0 Å². The van der Waals surface area contributed by atoms with Gasteiger partial charge in [-0.05, 0) is 39.0 Å². The quantitative estimate of drug-likeness (QED) is 0.692. The third kappa shape index (κ3) is 2.20. The van der Waals surface area contributed by atoms with Crippen LogP contribution in [0.1, 0.15) is 33.1 Å². The van der Waals surface area contributed by atoms with Crippen LogP contribution in [0.2, 0.25) is 0 Å². The molecule has 12 heavy (non-hydrogen) atoms. The molecule has 0 aromatic carbocycles. The molecule has 0 aromatic rings.